The number of benzene rings is 1. The topological polar surface area (TPSA) is 43.4 Å². The molecule has 2 fully saturated rings. The van der Waals surface area contributed by atoms with Crippen molar-refractivity contribution in [2.75, 3.05) is 0 Å². The second-order valence-corrected chi connectivity index (χ2v) is 6.37. The maximum atomic E-state index is 11.6. The fourth-order valence-corrected chi connectivity index (χ4v) is 2.77. The van der Waals surface area contributed by atoms with Gasteiger partial charge in [0, 0.05) is 0 Å². The summed E-state index contributed by atoms with van der Waals surface area (Å²) in [6, 6.07) is 6.65. The van der Waals surface area contributed by atoms with Gasteiger partial charge in [-0.2, -0.15) is 8.42 Å². The van der Waals surface area contributed by atoms with Crippen LogP contribution in [0.25, 0.3) is 0 Å². The summed E-state index contributed by atoms with van der Waals surface area (Å²) in [7, 11) is -3.71. The van der Waals surface area contributed by atoms with Crippen LogP contribution in [0.15, 0.2) is 42.0 Å². The summed E-state index contributed by atoms with van der Waals surface area (Å²) in [6.07, 6.45) is 19.7. The van der Waals surface area contributed by atoms with Gasteiger partial charge in [-0.05, 0) is 87.8 Å². The SMILES string of the molecule is C=COS(=O)(=O)c1ccc(C[C]2[CH][CH][CH][CH]2)cc1.[CH]1[CH][CH][CH][CH]1.[Fe+2]. The zero-order valence-electron chi connectivity index (χ0n) is 13.0. The molecule has 0 saturated heterocycles. The van der Waals surface area contributed by atoms with Gasteiger partial charge in [0.05, 0.1) is 6.26 Å². The minimum Gasteiger partial charge on any atom is -0.388 e. The first kappa shape index (κ1) is 21.3. The van der Waals surface area contributed by atoms with Gasteiger partial charge in [-0.1, -0.05) is 18.7 Å². The summed E-state index contributed by atoms with van der Waals surface area (Å²) in [5.41, 5.74) is 1.05. The molecule has 124 valence electrons. The monoisotopic (exact) mass is 382 g/mol. The van der Waals surface area contributed by atoms with Crippen molar-refractivity contribution in [2.45, 2.75) is 11.3 Å². The van der Waals surface area contributed by atoms with E-state index in [9.17, 15) is 8.42 Å². The molecule has 5 heteroatoms. The molecular weight excluding hydrogens is 364 g/mol. The number of hydrogen-bond donors (Lipinski definition) is 0. The van der Waals surface area contributed by atoms with E-state index in [1.54, 1.807) is 12.1 Å². The van der Waals surface area contributed by atoms with Gasteiger partial charge in [0.1, 0.15) is 4.90 Å². The maximum Gasteiger partial charge on any atom is 2.00 e. The van der Waals surface area contributed by atoms with Crippen LogP contribution in [0.4, 0.5) is 0 Å². The average Bonchev–Trinajstić information content (AvgIpc) is 3.24. The van der Waals surface area contributed by atoms with Gasteiger partial charge in [-0.3, -0.25) is 0 Å². The summed E-state index contributed by atoms with van der Waals surface area (Å²) in [6.45, 7) is 3.24. The third kappa shape index (κ3) is 7.00. The van der Waals surface area contributed by atoms with E-state index < -0.39 is 10.1 Å². The molecule has 0 aliphatic heterocycles. The van der Waals surface area contributed by atoms with Crippen molar-refractivity contribution in [2.24, 2.45) is 0 Å². The van der Waals surface area contributed by atoms with Crippen molar-refractivity contribution >= 4 is 10.1 Å². The summed E-state index contributed by atoms with van der Waals surface area (Å²) >= 11 is 0. The summed E-state index contributed by atoms with van der Waals surface area (Å²) < 4.78 is 27.6. The third-order valence-electron chi connectivity index (χ3n) is 3.10. The van der Waals surface area contributed by atoms with Crippen molar-refractivity contribution in [1.82, 2.24) is 0 Å². The first-order chi connectivity index (χ1) is 11.1. The van der Waals surface area contributed by atoms with Gasteiger partial charge in [0.15, 0.2) is 0 Å². The van der Waals surface area contributed by atoms with Crippen LogP contribution in [0, 0.1) is 63.7 Å². The number of rotatable bonds is 5. The van der Waals surface area contributed by atoms with Crippen molar-refractivity contribution in [3.63, 3.8) is 0 Å². The van der Waals surface area contributed by atoms with Gasteiger partial charge in [-0.25, -0.2) is 0 Å². The summed E-state index contributed by atoms with van der Waals surface area (Å²) in [5.74, 6) is 1.20. The molecule has 0 atom stereocenters. The molecule has 24 heavy (non-hydrogen) atoms. The van der Waals surface area contributed by atoms with E-state index in [-0.39, 0.29) is 22.0 Å². The van der Waals surface area contributed by atoms with Gasteiger partial charge in [0.2, 0.25) is 0 Å². The minimum atomic E-state index is -3.71. The Kier molecular flexibility index (Phi) is 9.72. The van der Waals surface area contributed by atoms with Crippen molar-refractivity contribution in [1.29, 1.82) is 0 Å². The Morgan fingerprint density at radius 1 is 0.875 bits per heavy atom. The molecule has 1 aromatic carbocycles. The fourth-order valence-electron chi connectivity index (χ4n) is 2.01. The number of hydrogen-bond acceptors (Lipinski definition) is 3. The van der Waals surface area contributed by atoms with Crippen molar-refractivity contribution in [3.8, 4) is 0 Å². The molecule has 3 rings (SSSR count). The molecule has 0 spiro atoms. The Hall–Kier alpha value is -0.771. The zero-order chi connectivity index (χ0) is 16.5. The molecule has 0 aromatic heterocycles. The fraction of sp³-hybridized carbons (Fsp3) is 0.0526. The molecule has 0 heterocycles. The van der Waals surface area contributed by atoms with Crippen LogP contribution in [0.3, 0.4) is 0 Å². The van der Waals surface area contributed by atoms with Gasteiger partial charge in [0.25, 0.3) is 0 Å². The zero-order valence-corrected chi connectivity index (χ0v) is 14.9. The van der Waals surface area contributed by atoms with Crippen LogP contribution in [0.2, 0.25) is 0 Å². The first-order valence-corrected chi connectivity index (χ1v) is 8.53. The largest absolute Gasteiger partial charge is 2.00 e. The van der Waals surface area contributed by atoms with E-state index in [0.29, 0.717) is 0 Å². The Morgan fingerprint density at radius 3 is 1.83 bits per heavy atom. The second kappa shape index (κ2) is 11.0. The third-order valence-corrected chi connectivity index (χ3v) is 4.34. The van der Waals surface area contributed by atoms with Crippen molar-refractivity contribution < 1.29 is 29.7 Å². The Morgan fingerprint density at radius 2 is 1.38 bits per heavy atom. The quantitative estimate of drug-likeness (QED) is 0.445. The Balaban J connectivity index is 0.000000412. The standard InChI is InChI=1S/C14H13O3S.C5H5.Fe/c1-2-17-18(15,16)14-9-7-13(8-10-14)11-12-5-3-4-6-12;1-2-4-5-3-1;/h2-10H,1,11H2;1-5H;/q;;+2. The van der Waals surface area contributed by atoms with Gasteiger partial charge < -0.3 is 4.18 Å². The van der Waals surface area contributed by atoms with Crippen LogP contribution in [0.5, 0.6) is 0 Å². The average molecular weight is 382 g/mol. The molecule has 10 radical (unpaired) electrons. The first-order valence-electron chi connectivity index (χ1n) is 7.12. The van der Waals surface area contributed by atoms with E-state index in [1.807, 2.05) is 57.8 Å². The van der Waals surface area contributed by atoms with Crippen LogP contribution in [0.1, 0.15) is 5.56 Å². The van der Waals surface area contributed by atoms with E-state index in [2.05, 4.69) is 10.8 Å². The minimum absolute atomic E-state index is 0. The van der Waals surface area contributed by atoms with Crippen LogP contribution in [-0.4, -0.2) is 8.42 Å². The normalized spacial score (nSPS) is 17.5. The van der Waals surface area contributed by atoms with Crippen LogP contribution in [-0.2, 0) is 37.8 Å². The predicted octanol–water partition coefficient (Wildman–Crippen LogP) is 3.50. The molecule has 0 unspecified atom stereocenters. The summed E-state index contributed by atoms with van der Waals surface area (Å²) in [5, 5.41) is 0. The predicted molar refractivity (Wildman–Crippen MR) is 90.6 cm³/mol. The molecule has 1 aromatic rings. The molecule has 0 amide bonds. The molecular formula is C19H18FeO3S+2. The van der Waals surface area contributed by atoms with Gasteiger partial charge in [-0.15, -0.1) is 0 Å². The molecule has 0 N–H and O–H groups in total. The Bertz CT molecular complexity index is 564. The van der Waals surface area contributed by atoms with E-state index in [4.69, 9.17) is 0 Å². The molecule has 2 saturated carbocycles. The maximum absolute atomic E-state index is 11.6. The smallest absolute Gasteiger partial charge is 0.388 e. The van der Waals surface area contributed by atoms with E-state index in [1.165, 1.54) is 18.1 Å². The second-order valence-electron chi connectivity index (χ2n) is 4.79. The van der Waals surface area contributed by atoms with E-state index in [0.717, 1.165) is 18.2 Å². The van der Waals surface area contributed by atoms with Crippen LogP contribution < -0.4 is 0 Å². The van der Waals surface area contributed by atoms with Crippen LogP contribution >= 0.6 is 0 Å². The van der Waals surface area contributed by atoms with Gasteiger partial charge >= 0.3 is 27.2 Å². The van der Waals surface area contributed by atoms with Crippen molar-refractivity contribution in [3.05, 3.63) is 106 Å². The molecule has 3 nitrogen and oxygen atoms in total. The molecule has 2 aliphatic carbocycles. The summed E-state index contributed by atoms with van der Waals surface area (Å²) in [4.78, 5) is 0.133. The Labute approximate surface area is 157 Å². The molecule has 2 aliphatic rings. The van der Waals surface area contributed by atoms with E-state index >= 15 is 0 Å². The molecule has 0 bridgehead atoms.